The summed E-state index contributed by atoms with van der Waals surface area (Å²) >= 11 is 1.05. The lowest BCUT2D eigenvalue weighted by molar-refractivity contribution is -0.137. The number of benzene rings is 1. The first-order chi connectivity index (χ1) is 14.7. The molecule has 1 amide bonds. The topological polar surface area (TPSA) is 74.5 Å². The SMILES string of the molecule is CCN1CCN(c2ccc(C(F)(F)F)cc2NC(=O)CSc2nnc(C(C)C)o2)CC1. The number of carbonyl (C=O) groups is 1. The van der Waals surface area contributed by atoms with Gasteiger partial charge in [0.25, 0.3) is 5.22 Å². The van der Waals surface area contributed by atoms with Gasteiger partial charge in [-0.25, -0.2) is 0 Å². The van der Waals surface area contributed by atoms with Gasteiger partial charge in [0, 0.05) is 32.1 Å². The summed E-state index contributed by atoms with van der Waals surface area (Å²) in [5.74, 6) is 0.0341. The summed E-state index contributed by atoms with van der Waals surface area (Å²) in [4.78, 5) is 16.8. The van der Waals surface area contributed by atoms with E-state index in [1.54, 1.807) is 0 Å². The third-order valence-corrected chi connectivity index (χ3v) is 5.82. The monoisotopic (exact) mass is 457 g/mol. The van der Waals surface area contributed by atoms with Gasteiger partial charge in [-0.1, -0.05) is 32.5 Å². The van der Waals surface area contributed by atoms with Gasteiger partial charge < -0.3 is 19.5 Å². The molecular formula is C20H26F3N5O2S. The average Bonchev–Trinajstić information content (AvgIpc) is 3.21. The standard InChI is InChI=1S/C20H26F3N5O2S/c1-4-27-7-9-28(10-8-27)16-6-5-14(20(21,22)23)11-15(16)24-17(29)12-31-19-26-25-18(30-19)13(2)3/h5-6,11,13H,4,7-10,12H2,1-3H3,(H,24,29). The van der Waals surface area contributed by atoms with E-state index in [4.69, 9.17) is 4.42 Å². The van der Waals surface area contributed by atoms with Crippen LogP contribution in [0.3, 0.4) is 0 Å². The van der Waals surface area contributed by atoms with Crippen molar-refractivity contribution in [1.82, 2.24) is 15.1 Å². The highest BCUT2D eigenvalue weighted by Gasteiger charge is 2.32. The van der Waals surface area contributed by atoms with Crippen molar-refractivity contribution in [3.63, 3.8) is 0 Å². The summed E-state index contributed by atoms with van der Waals surface area (Å²) in [6.07, 6.45) is -4.50. The third-order valence-electron chi connectivity index (χ3n) is 5.00. The van der Waals surface area contributed by atoms with Crippen LogP contribution in [-0.4, -0.2) is 59.5 Å². The van der Waals surface area contributed by atoms with Gasteiger partial charge >= 0.3 is 6.18 Å². The van der Waals surface area contributed by atoms with E-state index in [0.717, 1.165) is 43.5 Å². The second-order valence-electron chi connectivity index (χ2n) is 7.55. The fourth-order valence-electron chi connectivity index (χ4n) is 3.22. The van der Waals surface area contributed by atoms with E-state index < -0.39 is 17.6 Å². The average molecular weight is 458 g/mol. The molecule has 2 aromatic rings. The van der Waals surface area contributed by atoms with Crippen LogP contribution in [0.4, 0.5) is 24.5 Å². The highest BCUT2D eigenvalue weighted by Crippen LogP contribution is 2.36. The lowest BCUT2D eigenvalue weighted by Gasteiger charge is -2.36. The van der Waals surface area contributed by atoms with E-state index in [9.17, 15) is 18.0 Å². The Bertz CT molecular complexity index is 895. The molecule has 170 valence electrons. The van der Waals surface area contributed by atoms with Gasteiger partial charge in [-0.2, -0.15) is 13.2 Å². The van der Waals surface area contributed by atoms with E-state index in [1.165, 1.54) is 6.07 Å². The molecule has 0 atom stereocenters. The van der Waals surface area contributed by atoms with Crippen molar-refractivity contribution in [2.24, 2.45) is 0 Å². The predicted molar refractivity (Wildman–Crippen MR) is 114 cm³/mol. The van der Waals surface area contributed by atoms with Crippen LogP contribution in [0.5, 0.6) is 0 Å². The summed E-state index contributed by atoms with van der Waals surface area (Å²) < 4.78 is 45.2. The number of alkyl halides is 3. The molecular weight excluding hydrogens is 431 g/mol. The molecule has 0 radical (unpaired) electrons. The molecule has 2 heterocycles. The van der Waals surface area contributed by atoms with Gasteiger partial charge in [-0.3, -0.25) is 4.79 Å². The maximum atomic E-state index is 13.2. The Morgan fingerprint density at radius 1 is 1.23 bits per heavy atom. The van der Waals surface area contributed by atoms with Crippen LogP contribution in [0.2, 0.25) is 0 Å². The third kappa shape index (κ3) is 6.13. The molecule has 1 aliphatic heterocycles. The highest BCUT2D eigenvalue weighted by molar-refractivity contribution is 7.99. The molecule has 0 saturated carbocycles. The zero-order chi connectivity index (χ0) is 22.6. The number of nitrogens with zero attached hydrogens (tertiary/aromatic N) is 4. The van der Waals surface area contributed by atoms with Crippen LogP contribution in [0.15, 0.2) is 27.8 Å². The lowest BCUT2D eigenvalue weighted by atomic mass is 10.1. The number of thioether (sulfide) groups is 1. The van der Waals surface area contributed by atoms with Crippen molar-refractivity contribution in [3.05, 3.63) is 29.7 Å². The zero-order valence-corrected chi connectivity index (χ0v) is 18.5. The van der Waals surface area contributed by atoms with Gasteiger partial charge in [0.05, 0.1) is 22.7 Å². The minimum atomic E-state index is -4.50. The molecule has 1 aliphatic rings. The van der Waals surface area contributed by atoms with Crippen LogP contribution in [0.25, 0.3) is 0 Å². The Morgan fingerprint density at radius 3 is 2.52 bits per heavy atom. The highest BCUT2D eigenvalue weighted by atomic mass is 32.2. The summed E-state index contributed by atoms with van der Waals surface area (Å²) in [6, 6.07) is 3.48. The van der Waals surface area contributed by atoms with E-state index in [1.807, 2.05) is 18.7 Å². The van der Waals surface area contributed by atoms with E-state index >= 15 is 0 Å². The van der Waals surface area contributed by atoms with E-state index in [2.05, 4.69) is 27.3 Å². The fourth-order valence-corrected chi connectivity index (χ4v) is 3.79. The second kappa shape index (κ2) is 9.90. The van der Waals surface area contributed by atoms with Crippen molar-refractivity contribution in [3.8, 4) is 0 Å². The maximum absolute atomic E-state index is 13.2. The number of amides is 1. The molecule has 0 bridgehead atoms. The van der Waals surface area contributed by atoms with Gasteiger partial charge in [-0.15, -0.1) is 10.2 Å². The van der Waals surface area contributed by atoms with Crippen LogP contribution >= 0.6 is 11.8 Å². The Kier molecular flexibility index (Phi) is 7.47. The fraction of sp³-hybridized carbons (Fsp3) is 0.550. The summed E-state index contributed by atoms with van der Waals surface area (Å²) in [6.45, 7) is 9.80. The van der Waals surface area contributed by atoms with Crippen LogP contribution in [0.1, 0.15) is 38.1 Å². The minimum Gasteiger partial charge on any atom is -0.416 e. The molecule has 1 aromatic heterocycles. The number of carbonyl (C=O) groups excluding carboxylic acids is 1. The number of rotatable bonds is 7. The molecule has 1 saturated heterocycles. The molecule has 11 heteroatoms. The normalized spacial score (nSPS) is 15.5. The number of nitrogens with one attached hydrogen (secondary N) is 1. The predicted octanol–water partition coefficient (Wildman–Crippen LogP) is 4.08. The summed E-state index contributed by atoms with van der Waals surface area (Å²) in [5.41, 5.74) is -0.0642. The second-order valence-corrected chi connectivity index (χ2v) is 8.48. The number of aromatic nitrogens is 2. The molecule has 0 spiro atoms. The quantitative estimate of drug-likeness (QED) is 0.628. The number of likely N-dealkylation sites (N-methyl/N-ethyl adjacent to an activating group) is 1. The van der Waals surface area contributed by atoms with E-state index in [-0.39, 0.29) is 22.6 Å². The first kappa shape index (κ1) is 23.4. The van der Waals surface area contributed by atoms with Crippen molar-refractivity contribution in [1.29, 1.82) is 0 Å². The van der Waals surface area contributed by atoms with Gasteiger partial charge in [0.2, 0.25) is 11.8 Å². The molecule has 0 aliphatic carbocycles. The van der Waals surface area contributed by atoms with Crippen LogP contribution in [-0.2, 0) is 11.0 Å². The molecule has 1 N–H and O–H groups in total. The number of hydrogen-bond acceptors (Lipinski definition) is 7. The Morgan fingerprint density at radius 2 is 1.94 bits per heavy atom. The van der Waals surface area contributed by atoms with E-state index in [0.29, 0.717) is 24.7 Å². The Balaban J connectivity index is 1.72. The zero-order valence-electron chi connectivity index (χ0n) is 17.7. The van der Waals surface area contributed by atoms with Crippen molar-refractivity contribution in [2.45, 2.75) is 38.1 Å². The molecule has 1 aromatic carbocycles. The number of piperazine rings is 1. The van der Waals surface area contributed by atoms with Gasteiger partial charge in [0.1, 0.15) is 0 Å². The molecule has 7 nitrogen and oxygen atoms in total. The van der Waals surface area contributed by atoms with Gasteiger partial charge in [0.15, 0.2) is 0 Å². The number of anilines is 2. The first-order valence-electron chi connectivity index (χ1n) is 10.1. The minimum absolute atomic E-state index is 0.0565. The number of hydrogen-bond donors (Lipinski definition) is 1. The molecule has 31 heavy (non-hydrogen) atoms. The van der Waals surface area contributed by atoms with Crippen molar-refractivity contribution >= 4 is 29.0 Å². The molecule has 3 rings (SSSR count). The Labute approximate surface area is 183 Å². The maximum Gasteiger partial charge on any atom is 0.416 e. The van der Waals surface area contributed by atoms with Crippen LogP contribution in [0, 0.1) is 0 Å². The van der Waals surface area contributed by atoms with Crippen molar-refractivity contribution in [2.75, 3.05) is 48.7 Å². The Hall–Kier alpha value is -2.27. The molecule has 0 unspecified atom stereocenters. The summed E-state index contributed by atoms with van der Waals surface area (Å²) in [7, 11) is 0. The van der Waals surface area contributed by atoms with Gasteiger partial charge in [-0.05, 0) is 24.7 Å². The largest absolute Gasteiger partial charge is 0.416 e. The van der Waals surface area contributed by atoms with Crippen molar-refractivity contribution < 1.29 is 22.4 Å². The lowest BCUT2D eigenvalue weighted by Crippen LogP contribution is -2.46. The first-order valence-corrected chi connectivity index (χ1v) is 11.1. The van der Waals surface area contributed by atoms with Crippen LogP contribution < -0.4 is 10.2 Å². The summed E-state index contributed by atoms with van der Waals surface area (Å²) in [5, 5.41) is 10.7. The smallest absolute Gasteiger partial charge is 0.416 e. The molecule has 1 fully saturated rings. The number of halogens is 3.